The number of carbonyl (C=O) groups excluding carboxylic acids is 1. The minimum absolute atomic E-state index is 0.00415. The number of pyridine rings is 1. The number of aromatic nitrogens is 1. The maximum Gasteiger partial charge on any atom is 0.257 e. The zero-order valence-electron chi connectivity index (χ0n) is 19.0. The molecule has 0 bridgehead atoms. The second-order valence-corrected chi connectivity index (χ2v) is 8.68. The lowest BCUT2D eigenvalue weighted by molar-refractivity contribution is 0.0724. The highest BCUT2D eigenvalue weighted by Gasteiger charge is 2.28. The summed E-state index contributed by atoms with van der Waals surface area (Å²) in [5.74, 6) is 0.527. The molecule has 0 aliphatic carbocycles. The molecule has 0 atom stereocenters. The smallest absolute Gasteiger partial charge is 0.257 e. The van der Waals surface area contributed by atoms with Crippen LogP contribution in [0.4, 0.5) is 15.8 Å². The summed E-state index contributed by atoms with van der Waals surface area (Å²) in [6, 6.07) is 12.6. The molecule has 1 aromatic heterocycles. The second kappa shape index (κ2) is 9.25. The number of carbonyl (C=O) groups is 1. The Bertz CT molecular complexity index is 1150. The van der Waals surface area contributed by atoms with Crippen LogP contribution >= 0.6 is 0 Å². The van der Waals surface area contributed by atoms with Crippen LogP contribution in [0.15, 0.2) is 48.7 Å². The van der Waals surface area contributed by atoms with E-state index in [1.54, 1.807) is 19.4 Å². The molecule has 2 fully saturated rings. The molecular weight excluding hydrogens is 419 g/mol. The van der Waals surface area contributed by atoms with Crippen molar-refractivity contribution in [3.05, 3.63) is 60.0 Å². The largest absolute Gasteiger partial charge is 0.495 e. The van der Waals surface area contributed by atoms with Crippen molar-refractivity contribution >= 4 is 28.2 Å². The van der Waals surface area contributed by atoms with Gasteiger partial charge in [0.15, 0.2) is 0 Å². The second-order valence-electron chi connectivity index (χ2n) is 8.68. The summed E-state index contributed by atoms with van der Waals surface area (Å²) in [5.41, 5.74) is 3.14. The normalized spacial score (nSPS) is 16.8. The Hall–Kier alpha value is -3.35. The lowest BCUT2D eigenvalue weighted by Gasteiger charge is -2.39. The molecule has 7 heteroatoms. The van der Waals surface area contributed by atoms with Crippen molar-refractivity contribution in [2.75, 3.05) is 56.2 Å². The van der Waals surface area contributed by atoms with E-state index in [9.17, 15) is 9.18 Å². The number of benzene rings is 2. The third kappa shape index (κ3) is 4.19. The molecule has 172 valence electrons. The van der Waals surface area contributed by atoms with Gasteiger partial charge in [0.2, 0.25) is 0 Å². The highest BCUT2D eigenvalue weighted by Crippen LogP contribution is 2.34. The third-order valence-electron chi connectivity index (χ3n) is 6.70. The van der Waals surface area contributed by atoms with Crippen molar-refractivity contribution < 1.29 is 13.9 Å². The van der Waals surface area contributed by atoms with Gasteiger partial charge in [-0.25, -0.2) is 4.39 Å². The first-order valence-electron chi connectivity index (χ1n) is 11.7. The number of methoxy groups -OCH3 is 1. The molecule has 3 aromatic rings. The maximum absolute atomic E-state index is 14.3. The SMILES string of the molecule is COc1ccccc1N1CCN(c2c(C(=O)N3CCCCC3)cnc3ccc(F)cc23)CC1. The van der Waals surface area contributed by atoms with Crippen LogP contribution in [0, 0.1) is 5.82 Å². The molecule has 2 aliphatic rings. The standard InChI is InChI=1S/C26H29FN4O2/c1-33-24-8-4-3-7-23(24)29-13-15-30(16-14-29)25-20-17-19(27)9-10-22(20)28-18-21(25)26(32)31-11-5-2-6-12-31/h3-4,7-10,17-18H,2,5-6,11-16H2,1H3. The molecule has 3 heterocycles. The zero-order valence-corrected chi connectivity index (χ0v) is 19.0. The predicted octanol–water partition coefficient (Wildman–Crippen LogP) is 4.34. The summed E-state index contributed by atoms with van der Waals surface area (Å²) in [5, 5.41) is 0.698. The number of amides is 1. The summed E-state index contributed by atoms with van der Waals surface area (Å²) < 4.78 is 19.8. The van der Waals surface area contributed by atoms with Crippen molar-refractivity contribution in [2.24, 2.45) is 0 Å². The van der Waals surface area contributed by atoms with E-state index in [1.165, 1.54) is 12.1 Å². The summed E-state index contributed by atoms with van der Waals surface area (Å²) in [4.78, 5) is 24.4. The monoisotopic (exact) mass is 448 g/mol. The van der Waals surface area contributed by atoms with Gasteiger partial charge in [0.25, 0.3) is 5.91 Å². The summed E-state index contributed by atoms with van der Waals surface area (Å²) >= 11 is 0. The highest BCUT2D eigenvalue weighted by atomic mass is 19.1. The van der Waals surface area contributed by atoms with E-state index in [-0.39, 0.29) is 11.7 Å². The van der Waals surface area contributed by atoms with Gasteiger partial charge >= 0.3 is 0 Å². The van der Waals surface area contributed by atoms with Gasteiger partial charge in [0, 0.05) is 50.9 Å². The first-order chi connectivity index (χ1) is 16.2. The van der Waals surface area contributed by atoms with Crippen LogP contribution in [-0.2, 0) is 0 Å². The Labute approximate surface area is 193 Å². The van der Waals surface area contributed by atoms with Gasteiger partial charge in [-0.05, 0) is 49.6 Å². The molecule has 0 N–H and O–H groups in total. The van der Waals surface area contributed by atoms with Crippen molar-refractivity contribution in [3.8, 4) is 5.75 Å². The predicted molar refractivity (Wildman–Crippen MR) is 129 cm³/mol. The maximum atomic E-state index is 14.3. The van der Waals surface area contributed by atoms with Crippen LogP contribution in [0.5, 0.6) is 5.75 Å². The molecule has 5 rings (SSSR count). The molecule has 33 heavy (non-hydrogen) atoms. The number of anilines is 2. The number of para-hydroxylation sites is 2. The summed E-state index contributed by atoms with van der Waals surface area (Å²) in [6.07, 6.45) is 4.88. The van der Waals surface area contributed by atoms with Gasteiger partial charge < -0.3 is 19.4 Å². The summed E-state index contributed by atoms with van der Waals surface area (Å²) in [6.45, 7) is 4.51. The van der Waals surface area contributed by atoms with E-state index >= 15 is 0 Å². The fraction of sp³-hybridized carbons (Fsp3) is 0.385. The van der Waals surface area contributed by atoms with E-state index in [0.717, 1.165) is 62.6 Å². The number of piperazine rings is 1. The van der Waals surface area contributed by atoms with Crippen LogP contribution in [0.2, 0.25) is 0 Å². The summed E-state index contributed by atoms with van der Waals surface area (Å²) in [7, 11) is 1.69. The number of hydrogen-bond donors (Lipinski definition) is 0. The number of hydrogen-bond acceptors (Lipinski definition) is 5. The van der Waals surface area contributed by atoms with E-state index in [0.29, 0.717) is 29.6 Å². The number of fused-ring (bicyclic) bond motifs is 1. The topological polar surface area (TPSA) is 48.9 Å². The Balaban J connectivity index is 1.49. The molecule has 0 saturated carbocycles. The number of halogens is 1. The zero-order chi connectivity index (χ0) is 22.8. The number of rotatable bonds is 4. The molecule has 2 aliphatic heterocycles. The lowest BCUT2D eigenvalue weighted by Crippen LogP contribution is -2.47. The molecular formula is C26H29FN4O2. The number of piperidine rings is 1. The van der Waals surface area contributed by atoms with Crippen LogP contribution in [0.25, 0.3) is 10.9 Å². The molecule has 2 aromatic carbocycles. The van der Waals surface area contributed by atoms with E-state index in [2.05, 4.69) is 20.9 Å². The number of ether oxygens (including phenoxy) is 1. The Morgan fingerprint density at radius 1 is 0.939 bits per heavy atom. The van der Waals surface area contributed by atoms with Crippen molar-refractivity contribution in [1.82, 2.24) is 9.88 Å². The van der Waals surface area contributed by atoms with Crippen LogP contribution < -0.4 is 14.5 Å². The number of likely N-dealkylation sites (tertiary alicyclic amines) is 1. The Morgan fingerprint density at radius 3 is 2.42 bits per heavy atom. The van der Waals surface area contributed by atoms with Crippen molar-refractivity contribution in [2.45, 2.75) is 19.3 Å². The molecule has 0 radical (unpaired) electrons. The third-order valence-corrected chi connectivity index (χ3v) is 6.70. The van der Waals surface area contributed by atoms with Crippen LogP contribution in [-0.4, -0.2) is 62.2 Å². The first kappa shape index (κ1) is 21.5. The Morgan fingerprint density at radius 2 is 1.67 bits per heavy atom. The van der Waals surface area contributed by atoms with Crippen LogP contribution in [0.3, 0.4) is 0 Å². The molecule has 2 saturated heterocycles. The molecule has 0 spiro atoms. The van der Waals surface area contributed by atoms with E-state index in [1.807, 2.05) is 23.1 Å². The van der Waals surface area contributed by atoms with Crippen molar-refractivity contribution in [1.29, 1.82) is 0 Å². The van der Waals surface area contributed by atoms with Crippen molar-refractivity contribution in [3.63, 3.8) is 0 Å². The number of nitrogens with zero attached hydrogens (tertiary/aromatic N) is 4. The lowest BCUT2D eigenvalue weighted by atomic mass is 10.0. The molecule has 1 amide bonds. The molecule has 0 unspecified atom stereocenters. The average molecular weight is 449 g/mol. The van der Waals surface area contributed by atoms with Gasteiger partial charge in [-0.15, -0.1) is 0 Å². The van der Waals surface area contributed by atoms with Gasteiger partial charge in [-0.2, -0.15) is 0 Å². The minimum atomic E-state index is -0.319. The van der Waals surface area contributed by atoms with Crippen LogP contribution in [0.1, 0.15) is 29.6 Å². The van der Waals surface area contributed by atoms with E-state index < -0.39 is 0 Å². The van der Waals surface area contributed by atoms with Gasteiger partial charge in [-0.3, -0.25) is 9.78 Å². The van der Waals surface area contributed by atoms with Gasteiger partial charge in [0.1, 0.15) is 11.6 Å². The van der Waals surface area contributed by atoms with E-state index in [4.69, 9.17) is 4.74 Å². The minimum Gasteiger partial charge on any atom is -0.495 e. The quantitative estimate of drug-likeness (QED) is 0.595. The highest BCUT2D eigenvalue weighted by molar-refractivity contribution is 6.07. The fourth-order valence-electron chi connectivity index (χ4n) is 4.98. The molecule has 6 nitrogen and oxygen atoms in total. The van der Waals surface area contributed by atoms with Gasteiger partial charge in [-0.1, -0.05) is 12.1 Å². The average Bonchev–Trinajstić information content (AvgIpc) is 2.88. The Kier molecular flexibility index (Phi) is 6.03. The fourth-order valence-corrected chi connectivity index (χ4v) is 4.98. The van der Waals surface area contributed by atoms with Gasteiger partial charge in [0.05, 0.1) is 29.6 Å². The first-order valence-corrected chi connectivity index (χ1v) is 11.7.